The molecular weight excluding hydrogens is 422 g/mol. The average molecular weight is 438 g/mol. The molecule has 0 amide bonds. The van der Waals surface area contributed by atoms with E-state index in [4.69, 9.17) is 12.2 Å². The first-order chi connectivity index (χ1) is 13.4. The van der Waals surface area contributed by atoms with Gasteiger partial charge in [0.15, 0.2) is 18.3 Å². The van der Waals surface area contributed by atoms with Gasteiger partial charge in [-0.25, -0.2) is 0 Å². The number of halogens is 6. The molecule has 2 rings (SSSR count). The Labute approximate surface area is 167 Å². The van der Waals surface area contributed by atoms with Crippen LogP contribution >= 0.6 is 12.2 Å². The third-order valence-electron chi connectivity index (χ3n) is 3.34. The van der Waals surface area contributed by atoms with Crippen molar-refractivity contribution in [1.82, 2.24) is 0 Å². The second kappa shape index (κ2) is 9.21. The minimum absolute atomic E-state index is 0.0778. The van der Waals surface area contributed by atoms with Gasteiger partial charge in [-0.1, -0.05) is 18.2 Å². The van der Waals surface area contributed by atoms with Crippen LogP contribution < -0.4 is 20.1 Å². The maximum absolute atomic E-state index is 12.4. The predicted octanol–water partition coefficient (Wildman–Crippen LogP) is 5.69. The van der Waals surface area contributed by atoms with Crippen molar-refractivity contribution in [3.8, 4) is 11.5 Å². The fraction of sp³-hybridized carbons (Fsp3) is 0.278. The zero-order valence-electron chi connectivity index (χ0n) is 14.9. The molecule has 0 radical (unpaired) electrons. The first-order valence-electron chi connectivity index (χ1n) is 8.09. The van der Waals surface area contributed by atoms with E-state index in [1.165, 1.54) is 0 Å². The SMILES string of the molecule is Cc1ccccc1NC(=S)Nc1cc(OCC(F)(F)F)cc(OCC(F)(F)F)c1. The molecule has 0 aliphatic carbocycles. The summed E-state index contributed by atoms with van der Waals surface area (Å²) in [7, 11) is 0. The Morgan fingerprint density at radius 1 is 0.862 bits per heavy atom. The van der Waals surface area contributed by atoms with E-state index in [1.807, 2.05) is 19.1 Å². The number of hydrogen-bond acceptors (Lipinski definition) is 3. The largest absolute Gasteiger partial charge is 0.484 e. The first kappa shape index (κ1) is 22.6. The molecule has 11 heteroatoms. The topological polar surface area (TPSA) is 42.5 Å². The smallest absolute Gasteiger partial charge is 0.422 e. The highest BCUT2D eigenvalue weighted by molar-refractivity contribution is 7.80. The van der Waals surface area contributed by atoms with Gasteiger partial charge in [-0.3, -0.25) is 0 Å². The van der Waals surface area contributed by atoms with E-state index in [9.17, 15) is 26.3 Å². The van der Waals surface area contributed by atoms with Gasteiger partial charge in [0, 0.05) is 29.6 Å². The molecule has 2 aromatic carbocycles. The highest BCUT2D eigenvalue weighted by Crippen LogP contribution is 2.29. The lowest BCUT2D eigenvalue weighted by molar-refractivity contribution is -0.153. The summed E-state index contributed by atoms with van der Waals surface area (Å²) in [6.45, 7) is -1.39. The first-order valence-corrected chi connectivity index (χ1v) is 8.50. The molecule has 0 saturated heterocycles. The maximum atomic E-state index is 12.4. The maximum Gasteiger partial charge on any atom is 0.422 e. The van der Waals surface area contributed by atoms with Crippen molar-refractivity contribution in [2.45, 2.75) is 19.3 Å². The van der Waals surface area contributed by atoms with Crippen LogP contribution in [0.5, 0.6) is 11.5 Å². The lowest BCUT2D eigenvalue weighted by atomic mass is 10.2. The van der Waals surface area contributed by atoms with Gasteiger partial charge >= 0.3 is 12.4 Å². The van der Waals surface area contributed by atoms with Crippen molar-refractivity contribution in [2.75, 3.05) is 23.8 Å². The van der Waals surface area contributed by atoms with Gasteiger partial charge in [-0.15, -0.1) is 0 Å². The third kappa shape index (κ3) is 8.46. The van der Waals surface area contributed by atoms with Gasteiger partial charge in [0.05, 0.1) is 0 Å². The van der Waals surface area contributed by atoms with Crippen LogP contribution in [0.3, 0.4) is 0 Å². The molecule has 158 valence electrons. The number of anilines is 2. The fourth-order valence-corrected chi connectivity index (χ4v) is 2.37. The molecule has 0 heterocycles. The van der Waals surface area contributed by atoms with Crippen LogP contribution in [0.25, 0.3) is 0 Å². The van der Waals surface area contributed by atoms with Crippen LogP contribution in [0.4, 0.5) is 37.7 Å². The fourth-order valence-electron chi connectivity index (χ4n) is 2.14. The minimum Gasteiger partial charge on any atom is -0.484 e. The number of para-hydroxylation sites is 1. The number of aryl methyl sites for hydroxylation is 1. The van der Waals surface area contributed by atoms with Gasteiger partial charge in [0.25, 0.3) is 0 Å². The second-order valence-electron chi connectivity index (χ2n) is 5.89. The normalized spacial score (nSPS) is 11.7. The van der Waals surface area contributed by atoms with E-state index >= 15 is 0 Å². The Hall–Kier alpha value is -2.69. The number of benzene rings is 2. The van der Waals surface area contributed by atoms with Crippen LogP contribution in [0.2, 0.25) is 0 Å². The Kier molecular flexibility index (Phi) is 7.17. The van der Waals surface area contributed by atoms with Crippen molar-refractivity contribution in [1.29, 1.82) is 0 Å². The molecule has 0 unspecified atom stereocenters. The van der Waals surface area contributed by atoms with Gasteiger partial charge in [0.2, 0.25) is 0 Å². The van der Waals surface area contributed by atoms with E-state index in [0.29, 0.717) is 5.69 Å². The van der Waals surface area contributed by atoms with Crippen LogP contribution in [-0.2, 0) is 0 Å². The molecule has 0 saturated carbocycles. The standard InChI is InChI=1S/C18H16F6N2O2S/c1-11-4-2-3-5-15(11)26-16(29)25-12-6-13(27-9-17(19,20)21)8-14(7-12)28-10-18(22,23)24/h2-8H,9-10H2,1H3,(H2,25,26,29). The molecule has 4 nitrogen and oxygen atoms in total. The second-order valence-corrected chi connectivity index (χ2v) is 6.30. The number of ether oxygens (including phenoxy) is 2. The molecule has 0 fully saturated rings. The van der Waals surface area contributed by atoms with Crippen molar-refractivity contribution in [3.05, 3.63) is 48.0 Å². The quantitative estimate of drug-likeness (QED) is 0.448. The summed E-state index contributed by atoms with van der Waals surface area (Å²) in [4.78, 5) is 0. The molecule has 0 aliphatic heterocycles. The Morgan fingerprint density at radius 2 is 1.38 bits per heavy atom. The van der Waals surface area contributed by atoms with E-state index < -0.39 is 25.6 Å². The van der Waals surface area contributed by atoms with Crippen molar-refractivity contribution >= 4 is 28.7 Å². The molecular formula is C18H16F6N2O2S. The van der Waals surface area contributed by atoms with Crippen LogP contribution in [-0.4, -0.2) is 30.7 Å². The summed E-state index contributed by atoms with van der Waals surface area (Å²) < 4.78 is 83.5. The summed E-state index contributed by atoms with van der Waals surface area (Å²) >= 11 is 5.15. The summed E-state index contributed by atoms with van der Waals surface area (Å²) in [5.41, 5.74) is 1.66. The Morgan fingerprint density at radius 3 is 1.86 bits per heavy atom. The van der Waals surface area contributed by atoms with Crippen LogP contribution in [0.1, 0.15) is 5.56 Å². The summed E-state index contributed by atoms with van der Waals surface area (Å²) in [5.74, 6) is -0.661. The monoisotopic (exact) mass is 438 g/mol. The highest BCUT2D eigenvalue weighted by atomic mass is 32.1. The van der Waals surface area contributed by atoms with Crippen molar-refractivity contribution in [3.63, 3.8) is 0 Å². The Bertz CT molecular complexity index is 819. The third-order valence-corrected chi connectivity index (χ3v) is 3.54. The van der Waals surface area contributed by atoms with Gasteiger partial charge in [-0.2, -0.15) is 26.3 Å². The molecule has 0 bridgehead atoms. The summed E-state index contributed by atoms with van der Waals surface area (Å²) in [6.07, 6.45) is -9.23. The zero-order chi connectivity index (χ0) is 21.7. The number of nitrogens with one attached hydrogen (secondary N) is 2. The molecule has 0 atom stereocenters. The zero-order valence-corrected chi connectivity index (χ0v) is 15.8. The lowest BCUT2D eigenvalue weighted by Crippen LogP contribution is -2.21. The molecule has 2 aromatic rings. The molecule has 0 aliphatic rings. The minimum atomic E-state index is -4.61. The molecule has 29 heavy (non-hydrogen) atoms. The lowest BCUT2D eigenvalue weighted by Gasteiger charge is -2.16. The van der Waals surface area contributed by atoms with Gasteiger partial charge in [0.1, 0.15) is 11.5 Å². The highest BCUT2D eigenvalue weighted by Gasteiger charge is 2.30. The van der Waals surface area contributed by atoms with Gasteiger partial charge < -0.3 is 20.1 Å². The Balaban J connectivity index is 2.17. The number of hydrogen-bond donors (Lipinski definition) is 2. The van der Waals surface area contributed by atoms with Crippen molar-refractivity contribution in [2.24, 2.45) is 0 Å². The molecule has 2 N–H and O–H groups in total. The van der Waals surface area contributed by atoms with Crippen LogP contribution in [0, 0.1) is 6.92 Å². The van der Waals surface area contributed by atoms with E-state index in [2.05, 4.69) is 20.1 Å². The van der Waals surface area contributed by atoms with E-state index in [1.54, 1.807) is 12.1 Å². The average Bonchev–Trinajstić information content (AvgIpc) is 2.59. The van der Waals surface area contributed by atoms with E-state index in [0.717, 1.165) is 23.8 Å². The number of alkyl halides is 6. The van der Waals surface area contributed by atoms with Gasteiger partial charge in [-0.05, 0) is 30.8 Å². The molecule has 0 aromatic heterocycles. The van der Waals surface area contributed by atoms with E-state index in [-0.39, 0.29) is 22.3 Å². The summed E-state index contributed by atoms with van der Waals surface area (Å²) in [6, 6.07) is 10.4. The van der Waals surface area contributed by atoms with Crippen LogP contribution in [0.15, 0.2) is 42.5 Å². The molecule has 0 spiro atoms. The number of thiocarbonyl (C=S) groups is 1. The predicted molar refractivity (Wildman–Crippen MR) is 101 cm³/mol. The van der Waals surface area contributed by atoms with Crippen molar-refractivity contribution < 1.29 is 35.8 Å². The summed E-state index contributed by atoms with van der Waals surface area (Å²) in [5, 5.41) is 5.66. The number of rotatable bonds is 6.